The van der Waals surface area contributed by atoms with Gasteiger partial charge in [-0.3, -0.25) is 4.79 Å². The fourth-order valence-corrected chi connectivity index (χ4v) is 2.42. The second-order valence-corrected chi connectivity index (χ2v) is 5.18. The Labute approximate surface area is 109 Å². The number of hydrogen-bond acceptors (Lipinski definition) is 3. The number of rotatable bonds is 2. The molecule has 0 N–H and O–H groups in total. The lowest BCUT2D eigenvalue weighted by Gasteiger charge is -2.35. The van der Waals surface area contributed by atoms with Crippen LogP contribution in [-0.4, -0.2) is 37.1 Å². The molecule has 17 heavy (non-hydrogen) atoms. The van der Waals surface area contributed by atoms with E-state index in [0.717, 1.165) is 13.0 Å². The van der Waals surface area contributed by atoms with E-state index in [1.165, 1.54) is 0 Å². The van der Waals surface area contributed by atoms with E-state index in [9.17, 15) is 4.79 Å². The Balaban J connectivity index is 2.05. The minimum Gasteiger partial charge on any atom is -0.444 e. The van der Waals surface area contributed by atoms with Crippen LogP contribution in [0.2, 0.25) is 0 Å². The van der Waals surface area contributed by atoms with Gasteiger partial charge in [0.15, 0.2) is 10.4 Å². The molecule has 1 fully saturated rings. The smallest absolute Gasteiger partial charge is 0.289 e. The van der Waals surface area contributed by atoms with Crippen LogP contribution in [0, 0.1) is 5.92 Å². The van der Waals surface area contributed by atoms with Gasteiger partial charge >= 0.3 is 0 Å². The summed E-state index contributed by atoms with van der Waals surface area (Å²) in [6.45, 7) is 3.55. The first-order valence-electron chi connectivity index (χ1n) is 5.69. The van der Waals surface area contributed by atoms with Crippen molar-refractivity contribution >= 4 is 21.8 Å². The van der Waals surface area contributed by atoms with Crippen LogP contribution in [-0.2, 0) is 4.74 Å². The van der Waals surface area contributed by atoms with E-state index in [2.05, 4.69) is 22.9 Å². The second kappa shape index (κ2) is 5.23. The molecule has 1 amide bonds. The molecule has 1 aliphatic rings. The van der Waals surface area contributed by atoms with Crippen molar-refractivity contribution in [3.8, 4) is 0 Å². The minimum atomic E-state index is -0.0651. The molecule has 0 saturated carbocycles. The van der Waals surface area contributed by atoms with Gasteiger partial charge in [0.25, 0.3) is 5.91 Å². The number of ether oxygens (including phenoxy) is 1. The van der Waals surface area contributed by atoms with Crippen molar-refractivity contribution in [3.05, 3.63) is 22.6 Å². The molecule has 1 aliphatic heterocycles. The molecular formula is C12H16BrNO3. The maximum atomic E-state index is 12.1. The molecule has 2 heterocycles. The zero-order chi connectivity index (χ0) is 12.4. The highest BCUT2D eigenvalue weighted by Gasteiger charge is 2.30. The molecule has 4 nitrogen and oxygen atoms in total. The highest BCUT2D eigenvalue weighted by atomic mass is 79.9. The minimum absolute atomic E-state index is 0.0651. The molecule has 2 atom stereocenters. The van der Waals surface area contributed by atoms with Gasteiger partial charge in [0.05, 0.1) is 6.10 Å². The summed E-state index contributed by atoms with van der Waals surface area (Å²) in [7, 11) is 1.69. The summed E-state index contributed by atoms with van der Waals surface area (Å²) in [6.07, 6.45) is 1.08. The highest BCUT2D eigenvalue weighted by molar-refractivity contribution is 9.10. The van der Waals surface area contributed by atoms with Crippen LogP contribution in [0.5, 0.6) is 0 Å². The molecule has 5 heteroatoms. The van der Waals surface area contributed by atoms with Crippen molar-refractivity contribution in [1.29, 1.82) is 0 Å². The van der Waals surface area contributed by atoms with Gasteiger partial charge < -0.3 is 14.1 Å². The molecule has 0 bridgehead atoms. The molecule has 2 rings (SSSR count). The number of nitrogens with zero attached hydrogens (tertiary/aromatic N) is 1. The lowest BCUT2D eigenvalue weighted by atomic mass is 9.95. The summed E-state index contributed by atoms with van der Waals surface area (Å²) in [5.41, 5.74) is 0. The molecule has 1 aromatic heterocycles. The average molecular weight is 302 g/mol. The molecule has 1 aromatic rings. The van der Waals surface area contributed by atoms with Crippen LogP contribution >= 0.6 is 15.9 Å². The van der Waals surface area contributed by atoms with Crippen molar-refractivity contribution < 1.29 is 13.9 Å². The molecule has 0 aromatic carbocycles. The van der Waals surface area contributed by atoms with Crippen LogP contribution in [0.15, 0.2) is 21.2 Å². The number of likely N-dealkylation sites (tertiary alicyclic amines) is 1. The Bertz CT molecular complexity index is 404. The van der Waals surface area contributed by atoms with Gasteiger partial charge in [-0.2, -0.15) is 0 Å². The first kappa shape index (κ1) is 12.6. The van der Waals surface area contributed by atoms with E-state index in [4.69, 9.17) is 9.15 Å². The predicted octanol–water partition coefficient (Wildman–Crippen LogP) is 2.54. The molecule has 0 spiro atoms. The number of piperidine rings is 1. The fourth-order valence-electron chi connectivity index (χ4n) is 2.11. The Morgan fingerprint density at radius 2 is 2.35 bits per heavy atom. The Morgan fingerprint density at radius 1 is 1.59 bits per heavy atom. The topological polar surface area (TPSA) is 42.7 Å². The molecule has 2 unspecified atom stereocenters. The number of carbonyl (C=O) groups excluding carboxylic acids is 1. The third-order valence-corrected chi connectivity index (χ3v) is 3.69. The van der Waals surface area contributed by atoms with E-state index in [1.807, 2.05) is 0 Å². The largest absolute Gasteiger partial charge is 0.444 e. The SMILES string of the molecule is COC1CN(C(=O)c2ccc(Br)o2)CCC1C. The molecule has 0 aliphatic carbocycles. The highest BCUT2D eigenvalue weighted by Crippen LogP contribution is 2.22. The van der Waals surface area contributed by atoms with Crippen LogP contribution in [0.25, 0.3) is 0 Å². The quantitative estimate of drug-likeness (QED) is 0.843. The van der Waals surface area contributed by atoms with Crippen molar-refractivity contribution in [2.45, 2.75) is 19.4 Å². The lowest BCUT2D eigenvalue weighted by molar-refractivity contribution is -0.00265. The molecular weight excluding hydrogens is 286 g/mol. The van der Waals surface area contributed by atoms with Crippen LogP contribution in [0.1, 0.15) is 23.9 Å². The number of amides is 1. The normalized spacial score (nSPS) is 25.0. The number of carbonyl (C=O) groups is 1. The standard InChI is InChI=1S/C12H16BrNO3/c1-8-5-6-14(7-10(8)16-2)12(15)9-3-4-11(13)17-9/h3-4,8,10H,5-7H2,1-2H3. The maximum absolute atomic E-state index is 12.1. The average Bonchev–Trinajstić information content (AvgIpc) is 2.75. The number of methoxy groups -OCH3 is 1. The van der Waals surface area contributed by atoms with Crippen molar-refractivity contribution in [2.24, 2.45) is 5.92 Å². The Morgan fingerprint density at radius 3 is 2.94 bits per heavy atom. The van der Waals surface area contributed by atoms with Crippen molar-refractivity contribution in [1.82, 2.24) is 4.90 Å². The maximum Gasteiger partial charge on any atom is 0.289 e. The molecule has 1 saturated heterocycles. The van der Waals surface area contributed by atoms with Gasteiger partial charge in [-0.05, 0) is 40.4 Å². The number of furan rings is 1. The van der Waals surface area contributed by atoms with E-state index in [1.54, 1.807) is 24.1 Å². The third kappa shape index (κ3) is 2.72. The van der Waals surface area contributed by atoms with Gasteiger partial charge in [-0.25, -0.2) is 0 Å². The number of hydrogen-bond donors (Lipinski definition) is 0. The van der Waals surface area contributed by atoms with Crippen LogP contribution in [0.4, 0.5) is 0 Å². The van der Waals surface area contributed by atoms with Gasteiger partial charge in [0.1, 0.15) is 0 Å². The lowest BCUT2D eigenvalue weighted by Crippen LogP contribution is -2.46. The first-order valence-corrected chi connectivity index (χ1v) is 6.48. The summed E-state index contributed by atoms with van der Waals surface area (Å²) < 4.78 is 11.2. The zero-order valence-electron chi connectivity index (χ0n) is 9.98. The monoisotopic (exact) mass is 301 g/mol. The Hall–Kier alpha value is -0.810. The van der Waals surface area contributed by atoms with E-state index in [-0.39, 0.29) is 12.0 Å². The summed E-state index contributed by atoms with van der Waals surface area (Å²) in [5.74, 6) is 0.804. The summed E-state index contributed by atoms with van der Waals surface area (Å²) >= 11 is 3.20. The van der Waals surface area contributed by atoms with Gasteiger partial charge in [0.2, 0.25) is 0 Å². The molecule has 94 valence electrons. The predicted molar refractivity (Wildman–Crippen MR) is 66.9 cm³/mol. The van der Waals surface area contributed by atoms with Crippen LogP contribution < -0.4 is 0 Å². The summed E-state index contributed by atoms with van der Waals surface area (Å²) in [5, 5.41) is 0. The van der Waals surface area contributed by atoms with Gasteiger partial charge in [-0.1, -0.05) is 6.92 Å². The third-order valence-electron chi connectivity index (χ3n) is 3.26. The van der Waals surface area contributed by atoms with Crippen LogP contribution in [0.3, 0.4) is 0 Å². The summed E-state index contributed by atoms with van der Waals surface area (Å²) in [6, 6.07) is 3.42. The van der Waals surface area contributed by atoms with E-state index in [0.29, 0.717) is 22.9 Å². The van der Waals surface area contributed by atoms with Crippen molar-refractivity contribution in [3.63, 3.8) is 0 Å². The number of halogens is 1. The fraction of sp³-hybridized carbons (Fsp3) is 0.583. The Kier molecular flexibility index (Phi) is 3.89. The van der Waals surface area contributed by atoms with Gasteiger partial charge in [0, 0.05) is 20.2 Å². The van der Waals surface area contributed by atoms with E-state index >= 15 is 0 Å². The first-order chi connectivity index (χ1) is 8.11. The van der Waals surface area contributed by atoms with Crippen molar-refractivity contribution in [2.75, 3.05) is 20.2 Å². The summed E-state index contributed by atoms with van der Waals surface area (Å²) in [4.78, 5) is 13.9. The molecule has 0 radical (unpaired) electrons. The second-order valence-electron chi connectivity index (χ2n) is 4.40. The van der Waals surface area contributed by atoms with E-state index < -0.39 is 0 Å². The zero-order valence-corrected chi connectivity index (χ0v) is 11.6. The van der Waals surface area contributed by atoms with Gasteiger partial charge in [-0.15, -0.1) is 0 Å².